The van der Waals surface area contributed by atoms with Gasteiger partial charge in [-0.05, 0) is 6.07 Å². The summed E-state index contributed by atoms with van der Waals surface area (Å²) in [6, 6.07) is 1.39. The van der Waals surface area contributed by atoms with Crippen LogP contribution in [0.3, 0.4) is 0 Å². The highest BCUT2D eigenvalue weighted by Gasteiger charge is 2.18. The van der Waals surface area contributed by atoms with Gasteiger partial charge in [-0.25, -0.2) is 0 Å². The van der Waals surface area contributed by atoms with Gasteiger partial charge in [-0.15, -0.1) is 0 Å². The number of nitrogens with one attached hydrogen (secondary N) is 2. The molecule has 0 fully saturated rings. The van der Waals surface area contributed by atoms with E-state index >= 15 is 0 Å². The van der Waals surface area contributed by atoms with Gasteiger partial charge in [-0.2, -0.15) is 0 Å². The van der Waals surface area contributed by atoms with E-state index in [1.807, 2.05) is 0 Å². The molecule has 8 nitrogen and oxygen atoms in total. The lowest BCUT2D eigenvalue weighted by Gasteiger charge is -2.16. The smallest absolute Gasteiger partial charge is 0.137 e. The number of nitrogens with zero attached hydrogens (tertiary/aromatic N) is 2. The molecule has 0 amide bonds. The molecule has 8 heteroatoms. The first-order valence-electron chi connectivity index (χ1n) is 4.28. The first-order valence-corrected chi connectivity index (χ1v) is 4.28. The van der Waals surface area contributed by atoms with Crippen LogP contribution in [0.4, 0.5) is 11.4 Å². The Hall–Kier alpha value is -2.64. The monoisotopic (exact) mass is 222 g/mol. The van der Waals surface area contributed by atoms with Crippen molar-refractivity contribution in [3.63, 3.8) is 0 Å². The molecule has 1 aliphatic heterocycles. The van der Waals surface area contributed by atoms with Crippen LogP contribution in [0.2, 0.25) is 0 Å². The molecule has 0 radical (unpaired) electrons. The van der Waals surface area contributed by atoms with E-state index in [9.17, 15) is 10.4 Å². The van der Waals surface area contributed by atoms with E-state index in [1.54, 1.807) is 0 Å². The molecular formula is C8H10N6O2. The molecule has 2 aliphatic rings. The van der Waals surface area contributed by atoms with Gasteiger partial charge in [0.05, 0.1) is 17.6 Å². The zero-order valence-corrected chi connectivity index (χ0v) is 8.10. The Morgan fingerprint density at radius 1 is 1.06 bits per heavy atom. The Morgan fingerprint density at radius 3 is 2.25 bits per heavy atom. The maximum atomic E-state index is 9.53. The second-order valence-electron chi connectivity index (χ2n) is 3.27. The van der Waals surface area contributed by atoms with Crippen LogP contribution >= 0.6 is 0 Å². The Balaban J connectivity index is 3.14. The lowest BCUT2D eigenvalue weighted by atomic mass is 10.1. The summed E-state index contributed by atoms with van der Waals surface area (Å²) in [7, 11) is 0. The second-order valence-corrected chi connectivity index (χ2v) is 3.27. The summed E-state index contributed by atoms with van der Waals surface area (Å²) in [4.78, 5) is 0.750. The minimum atomic E-state index is -0.293. The standard InChI is InChI=1S/C8H10N6O2/c9-4-3-1-2-13(15)14(16)8(3)7(12)6(11)5(4)10/h1-2,10-11,15-16H,9,12H2. The van der Waals surface area contributed by atoms with Gasteiger partial charge in [-0.3, -0.25) is 10.8 Å². The average molecular weight is 222 g/mol. The van der Waals surface area contributed by atoms with E-state index in [2.05, 4.69) is 0 Å². The minimum Gasteiger partial charge on any atom is -0.411 e. The third-order valence-electron chi connectivity index (χ3n) is 2.36. The molecule has 0 aromatic carbocycles. The van der Waals surface area contributed by atoms with Crippen molar-refractivity contribution in [1.29, 1.82) is 10.8 Å². The van der Waals surface area contributed by atoms with Crippen LogP contribution in [-0.4, -0.2) is 20.1 Å². The van der Waals surface area contributed by atoms with Gasteiger partial charge in [0.2, 0.25) is 0 Å². The normalized spacial score (nSPS) is 10.8. The summed E-state index contributed by atoms with van der Waals surface area (Å²) < 4.78 is 0. The van der Waals surface area contributed by atoms with Gasteiger partial charge in [-0.1, -0.05) is 9.69 Å². The quantitative estimate of drug-likeness (QED) is 0.250. The molecule has 84 valence electrons. The van der Waals surface area contributed by atoms with Crippen molar-refractivity contribution in [1.82, 2.24) is 9.69 Å². The van der Waals surface area contributed by atoms with Crippen molar-refractivity contribution in [2.24, 2.45) is 0 Å². The second kappa shape index (κ2) is 2.92. The summed E-state index contributed by atoms with van der Waals surface area (Å²) in [5.74, 6) is 0. The molecule has 8 N–H and O–H groups in total. The predicted octanol–water partition coefficient (Wildman–Crippen LogP) is -1.01. The SMILES string of the molecule is N=c1c(N)c2ccn(O)n(O)c-2c(N)c1=N. The third-order valence-corrected chi connectivity index (χ3v) is 2.36. The minimum absolute atomic E-state index is 0.0106. The van der Waals surface area contributed by atoms with E-state index in [4.69, 9.17) is 22.3 Å². The van der Waals surface area contributed by atoms with Gasteiger partial charge >= 0.3 is 0 Å². The fourth-order valence-corrected chi connectivity index (χ4v) is 1.49. The van der Waals surface area contributed by atoms with Crippen molar-refractivity contribution in [3.05, 3.63) is 23.0 Å². The molecule has 0 aromatic heterocycles. The Morgan fingerprint density at radius 2 is 1.62 bits per heavy atom. The fraction of sp³-hybridized carbons (Fsp3) is 0. The molecule has 0 saturated carbocycles. The molecular weight excluding hydrogens is 212 g/mol. The number of aromatic nitrogens is 2. The molecule has 0 saturated heterocycles. The molecule has 2 rings (SSSR count). The van der Waals surface area contributed by atoms with E-state index in [1.165, 1.54) is 6.07 Å². The number of anilines is 2. The predicted molar refractivity (Wildman–Crippen MR) is 53.9 cm³/mol. The van der Waals surface area contributed by atoms with E-state index in [0.29, 0.717) is 15.3 Å². The molecule has 16 heavy (non-hydrogen) atoms. The largest absolute Gasteiger partial charge is 0.411 e. The van der Waals surface area contributed by atoms with Crippen molar-refractivity contribution in [2.75, 3.05) is 11.5 Å². The van der Waals surface area contributed by atoms with Crippen molar-refractivity contribution in [2.45, 2.75) is 0 Å². The zero-order valence-electron chi connectivity index (χ0n) is 8.10. The number of nitrogen functional groups attached to an aromatic ring is 2. The number of hydrogen-bond acceptors (Lipinski definition) is 6. The highest BCUT2D eigenvalue weighted by Crippen LogP contribution is 2.26. The van der Waals surface area contributed by atoms with Crippen LogP contribution in [0.25, 0.3) is 11.3 Å². The Bertz CT molecular complexity index is 655. The van der Waals surface area contributed by atoms with Crippen LogP contribution in [0.1, 0.15) is 0 Å². The maximum absolute atomic E-state index is 9.53. The van der Waals surface area contributed by atoms with Crippen LogP contribution in [-0.2, 0) is 0 Å². The topological polar surface area (TPSA) is 150 Å². The fourth-order valence-electron chi connectivity index (χ4n) is 1.49. The highest BCUT2D eigenvalue weighted by atomic mass is 16.6. The van der Waals surface area contributed by atoms with E-state index in [0.717, 1.165) is 6.20 Å². The van der Waals surface area contributed by atoms with Crippen LogP contribution in [0, 0.1) is 10.8 Å². The molecule has 0 bridgehead atoms. The highest BCUT2D eigenvalue weighted by molar-refractivity contribution is 5.82. The van der Waals surface area contributed by atoms with E-state index in [-0.39, 0.29) is 27.8 Å². The first kappa shape index (κ1) is 9.90. The number of nitrogens with two attached hydrogens (primary N) is 2. The summed E-state index contributed by atoms with van der Waals surface area (Å²) in [5, 5.41) is 33.3. The number of rotatable bonds is 0. The van der Waals surface area contributed by atoms with Crippen molar-refractivity contribution < 1.29 is 10.4 Å². The summed E-state index contributed by atoms with van der Waals surface area (Å²) in [5.41, 5.74) is 11.4. The van der Waals surface area contributed by atoms with Crippen LogP contribution in [0.15, 0.2) is 12.3 Å². The summed E-state index contributed by atoms with van der Waals surface area (Å²) in [6.45, 7) is 0. The van der Waals surface area contributed by atoms with Gasteiger partial charge in [0.1, 0.15) is 16.4 Å². The van der Waals surface area contributed by atoms with Gasteiger partial charge in [0.15, 0.2) is 0 Å². The molecule has 0 aromatic rings. The zero-order chi connectivity index (χ0) is 12.0. The van der Waals surface area contributed by atoms with Crippen LogP contribution < -0.4 is 22.2 Å². The summed E-state index contributed by atoms with van der Waals surface area (Å²) >= 11 is 0. The lowest BCUT2D eigenvalue weighted by Crippen LogP contribution is -2.33. The molecule has 0 unspecified atom stereocenters. The number of benzene rings is 1. The van der Waals surface area contributed by atoms with Gasteiger partial charge in [0, 0.05) is 5.56 Å². The third kappa shape index (κ3) is 1.03. The molecule has 1 heterocycles. The van der Waals surface area contributed by atoms with E-state index < -0.39 is 0 Å². The van der Waals surface area contributed by atoms with Gasteiger partial charge < -0.3 is 21.9 Å². The molecule has 0 atom stereocenters. The maximum Gasteiger partial charge on any atom is 0.137 e. The van der Waals surface area contributed by atoms with Gasteiger partial charge in [0.25, 0.3) is 0 Å². The Labute approximate surface area is 88.8 Å². The molecule has 1 aliphatic carbocycles. The summed E-state index contributed by atoms with van der Waals surface area (Å²) in [6.07, 6.45) is 1.14. The number of fused-ring (bicyclic) bond motifs is 1. The average Bonchev–Trinajstić information content (AvgIpc) is 2.27. The number of hydrogen-bond donors (Lipinski definition) is 6. The van der Waals surface area contributed by atoms with Crippen LogP contribution in [0.5, 0.6) is 0 Å². The van der Waals surface area contributed by atoms with Crippen molar-refractivity contribution >= 4 is 11.4 Å². The van der Waals surface area contributed by atoms with Crippen molar-refractivity contribution in [3.8, 4) is 11.3 Å². The Kier molecular flexibility index (Phi) is 1.81. The first-order chi connectivity index (χ1) is 7.45. The lowest BCUT2D eigenvalue weighted by molar-refractivity contribution is -0.0135. The molecule has 0 spiro atoms.